The van der Waals surface area contributed by atoms with E-state index >= 15 is 0 Å². The highest BCUT2D eigenvalue weighted by Crippen LogP contribution is 2.38. The maximum Gasteiger partial charge on any atom is 0.292 e. The van der Waals surface area contributed by atoms with Crippen LogP contribution in [0.4, 0.5) is 11.4 Å². The zero-order chi connectivity index (χ0) is 18.8. The number of nitrogens with two attached hydrogens (primary N) is 1. The van der Waals surface area contributed by atoms with Crippen molar-refractivity contribution in [2.24, 2.45) is 10.8 Å². The highest BCUT2D eigenvalue weighted by Gasteiger charge is 2.30. The molecule has 134 valence electrons. The first-order valence-corrected chi connectivity index (χ1v) is 8.90. The number of fused-ring (bicyclic) bond motifs is 1. The van der Waals surface area contributed by atoms with E-state index in [1.807, 2.05) is 30.3 Å². The summed E-state index contributed by atoms with van der Waals surface area (Å²) in [6.45, 7) is 2.78. The molecule has 1 heterocycles. The number of hydrazine groups is 1. The smallest absolute Gasteiger partial charge is 0.292 e. The van der Waals surface area contributed by atoms with Crippen molar-refractivity contribution in [2.45, 2.75) is 19.5 Å². The molecule has 3 aromatic rings. The number of hydrogen-bond donors (Lipinski definition) is 2. The van der Waals surface area contributed by atoms with Gasteiger partial charge >= 0.3 is 0 Å². The summed E-state index contributed by atoms with van der Waals surface area (Å²) in [7, 11) is 0. The first-order chi connectivity index (χ1) is 13.1. The standard InChI is InChI=1S/C22H21N4O/c1-15-7-9-16(10-8-15)14-24-22-19-13-18(26(23)27)11-12-20(19)25-21(22)17-5-3-2-4-6-17/h2-13,22,24H,14H2,1H3,(H2,23,27)/q+1. The topological polar surface area (TPSA) is 70.5 Å². The third-order valence-corrected chi connectivity index (χ3v) is 4.79. The molecule has 1 aliphatic rings. The van der Waals surface area contributed by atoms with Crippen LogP contribution in [0.2, 0.25) is 0 Å². The van der Waals surface area contributed by atoms with Crippen LogP contribution in [0.3, 0.4) is 0 Å². The molecule has 0 bridgehead atoms. The predicted octanol–water partition coefficient (Wildman–Crippen LogP) is 4.24. The van der Waals surface area contributed by atoms with Crippen LogP contribution >= 0.6 is 0 Å². The fourth-order valence-electron chi connectivity index (χ4n) is 3.33. The first kappa shape index (κ1) is 17.1. The molecule has 0 amide bonds. The Morgan fingerprint density at radius 2 is 1.78 bits per heavy atom. The molecule has 1 unspecified atom stereocenters. The Hall–Kier alpha value is -3.31. The fraction of sp³-hybridized carbons (Fsp3) is 0.136. The summed E-state index contributed by atoms with van der Waals surface area (Å²) >= 11 is 0. The molecule has 27 heavy (non-hydrogen) atoms. The summed E-state index contributed by atoms with van der Waals surface area (Å²) < 4.78 is 0. The highest BCUT2D eigenvalue weighted by atomic mass is 16.3. The zero-order valence-electron chi connectivity index (χ0n) is 15.1. The van der Waals surface area contributed by atoms with Gasteiger partial charge in [-0.25, -0.2) is 0 Å². The number of nitroso groups, excluding NO2 is 1. The normalized spacial score (nSPS) is 15.3. The summed E-state index contributed by atoms with van der Waals surface area (Å²) in [5.41, 5.74) is 6.68. The van der Waals surface area contributed by atoms with Crippen LogP contribution in [0.5, 0.6) is 0 Å². The van der Waals surface area contributed by atoms with Crippen LogP contribution in [-0.4, -0.2) is 10.6 Å². The summed E-state index contributed by atoms with van der Waals surface area (Å²) in [6.07, 6.45) is 0. The van der Waals surface area contributed by atoms with Gasteiger partial charge in [0, 0.05) is 24.2 Å². The monoisotopic (exact) mass is 357 g/mol. The molecule has 1 atom stereocenters. The van der Waals surface area contributed by atoms with Crippen LogP contribution in [-0.2, 0) is 6.54 Å². The maximum atomic E-state index is 11.6. The minimum atomic E-state index is -0.108. The van der Waals surface area contributed by atoms with E-state index in [0.29, 0.717) is 17.1 Å². The van der Waals surface area contributed by atoms with Gasteiger partial charge in [0.05, 0.1) is 22.3 Å². The lowest BCUT2D eigenvalue weighted by atomic mass is 9.98. The minimum Gasteiger partial charge on any atom is -0.301 e. The Morgan fingerprint density at radius 1 is 1.04 bits per heavy atom. The Kier molecular flexibility index (Phi) is 4.52. The molecular weight excluding hydrogens is 336 g/mol. The summed E-state index contributed by atoms with van der Waals surface area (Å²) in [5, 5.41) is 3.60. The van der Waals surface area contributed by atoms with Crippen LogP contribution in [0.1, 0.15) is 28.3 Å². The van der Waals surface area contributed by atoms with Crippen molar-refractivity contribution in [2.75, 3.05) is 0 Å². The van der Waals surface area contributed by atoms with Crippen molar-refractivity contribution in [1.29, 1.82) is 0 Å². The number of nitrogens with one attached hydrogen (secondary N) is 1. The third kappa shape index (κ3) is 3.50. The highest BCUT2D eigenvalue weighted by molar-refractivity contribution is 6.09. The van der Waals surface area contributed by atoms with Crippen molar-refractivity contribution in [3.05, 3.63) is 100.0 Å². The van der Waals surface area contributed by atoms with Gasteiger partial charge in [-0.3, -0.25) is 4.99 Å². The number of nitrogens with zero attached hydrogens (tertiary/aromatic N) is 2. The van der Waals surface area contributed by atoms with Gasteiger partial charge in [-0.1, -0.05) is 60.2 Å². The Labute approximate surface area is 158 Å². The van der Waals surface area contributed by atoms with Gasteiger partial charge in [-0.15, -0.1) is 0 Å². The minimum absolute atomic E-state index is 0.108. The number of aryl methyl sites for hydroxylation is 1. The molecule has 0 fully saturated rings. The van der Waals surface area contributed by atoms with Gasteiger partial charge in [-0.05, 0) is 24.1 Å². The number of rotatable bonds is 5. The average molecular weight is 357 g/mol. The average Bonchev–Trinajstić information content (AvgIpc) is 3.06. The second kappa shape index (κ2) is 7.13. The molecule has 5 nitrogen and oxygen atoms in total. The molecule has 3 N–H and O–H groups in total. The largest absolute Gasteiger partial charge is 0.301 e. The third-order valence-electron chi connectivity index (χ3n) is 4.79. The van der Waals surface area contributed by atoms with Gasteiger partial charge in [0.15, 0.2) is 4.87 Å². The molecule has 3 aromatic carbocycles. The lowest BCUT2D eigenvalue weighted by Gasteiger charge is -2.17. The summed E-state index contributed by atoms with van der Waals surface area (Å²) in [6, 6.07) is 23.8. The number of benzene rings is 3. The van der Waals surface area contributed by atoms with Crippen LogP contribution in [0.15, 0.2) is 77.8 Å². The van der Waals surface area contributed by atoms with E-state index in [-0.39, 0.29) is 6.04 Å². The molecular formula is C22H21N4O+. The van der Waals surface area contributed by atoms with Crippen molar-refractivity contribution < 1.29 is 4.87 Å². The number of aliphatic imine (C=N–C) groups is 1. The van der Waals surface area contributed by atoms with Crippen LogP contribution in [0, 0.1) is 11.8 Å². The van der Waals surface area contributed by atoms with E-state index in [0.717, 1.165) is 22.5 Å². The molecule has 0 aromatic heterocycles. The lowest BCUT2D eigenvalue weighted by Crippen LogP contribution is -2.26. The Morgan fingerprint density at radius 3 is 2.48 bits per heavy atom. The molecule has 0 radical (unpaired) electrons. The van der Waals surface area contributed by atoms with Crippen molar-refractivity contribution in [3.8, 4) is 0 Å². The van der Waals surface area contributed by atoms with Crippen LogP contribution < -0.4 is 11.2 Å². The lowest BCUT2D eigenvalue weighted by molar-refractivity contribution is -0.474. The van der Waals surface area contributed by atoms with E-state index in [1.165, 1.54) is 11.1 Å². The second-order valence-electron chi connectivity index (χ2n) is 6.73. The zero-order valence-corrected chi connectivity index (χ0v) is 15.1. The Bertz CT molecular complexity index is 1010. The van der Waals surface area contributed by atoms with Gasteiger partial charge in [0.1, 0.15) is 0 Å². The molecule has 0 saturated carbocycles. The second-order valence-corrected chi connectivity index (χ2v) is 6.73. The quantitative estimate of drug-likeness (QED) is 0.407. The molecule has 0 saturated heterocycles. The first-order valence-electron chi connectivity index (χ1n) is 8.90. The molecule has 4 rings (SSSR count). The molecule has 0 aliphatic carbocycles. The fourth-order valence-corrected chi connectivity index (χ4v) is 3.33. The predicted molar refractivity (Wildman–Crippen MR) is 107 cm³/mol. The van der Waals surface area contributed by atoms with Crippen molar-refractivity contribution in [1.82, 2.24) is 5.32 Å². The summed E-state index contributed by atoms with van der Waals surface area (Å²) in [4.78, 5) is 16.8. The van der Waals surface area contributed by atoms with E-state index in [9.17, 15) is 4.91 Å². The van der Waals surface area contributed by atoms with E-state index in [2.05, 4.69) is 48.6 Å². The van der Waals surface area contributed by atoms with Gasteiger partial charge in [-0.2, -0.15) is 5.84 Å². The molecule has 1 aliphatic heterocycles. The van der Waals surface area contributed by atoms with Crippen molar-refractivity contribution >= 4 is 17.1 Å². The molecule has 0 spiro atoms. The van der Waals surface area contributed by atoms with Crippen LogP contribution in [0.25, 0.3) is 0 Å². The molecule has 5 heteroatoms. The summed E-state index contributed by atoms with van der Waals surface area (Å²) in [5.74, 6) is 5.40. The van der Waals surface area contributed by atoms with E-state index < -0.39 is 0 Å². The van der Waals surface area contributed by atoms with Gasteiger partial charge in [0.2, 0.25) is 0 Å². The van der Waals surface area contributed by atoms with Crippen molar-refractivity contribution in [3.63, 3.8) is 0 Å². The van der Waals surface area contributed by atoms with Gasteiger partial charge in [0.25, 0.3) is 5.69 Å². The van der Waals surface area contributed by atoms with E-state index in [1.54, 1.807) is 6.07 Å². The number of hydrogen-bond acceptors (Lipinski definition) is 3. The Balaban J connectivity index is 1.68. The maximum absolute atomic E-state index is 11.6. The van der Waals surface area contributed by atoms with Gasteiger partial charge < -0.3 is 5.32 Å². The SMILES string of the molecule is Cc1ccc(CNC2C(c3ccccc3)=Nc3ccc([N+](N)=O)cc32)cc1. The van der Waals surface area contributed by atoms with E-state index in [4.69, 9.17) is 10.8 Å².